The van der Waals surface area contributed by atoms with E-state index in [0.717, 1.165) is 44.4 Å². The first-order valence-corrected chi connectivity index (χ1v) is 21.3. The van der Waals surface area contributed by atoms with E-state index < -0.39 is 13.7 Å². The molecular weight excluding hydrogens is 955 g/mol. The molecule has 11 rings (SSSR count). The molecule has 4 heterocycles. The van der Waals surface area contributed by atoms with E-state index in [1.165, 1.54) is 72.5 Å². The van der Waals surface area contributed by atoms with Crippen molar-refractivity contribution in [1.29, 1.82) is 0 Å². The van der Waals surface area contributed by atoms with Crippen molar-refractivity contribution in [3.8, 4) is 39.5 Å². The summed E-state index contributed by atoms with van der Waals surface area (Å²) in [5.74, 6) is 1.42. The van der Waals surface area contributed by atoms with Crippen molar-refractivity contribution in [3.63, 3.8) is 0 Å². The van der Waals surface area contributed by atoms with Crippen LogP contribution in [0.1, 0.15) is 70.0 Å². The Hall–Kier alpha value is -6.17. The first kappa shape index (κ1) is 34.4. The Bertz CT molecular complexity index is 3520. The predicted octanol–water partition coefficient (Wildman–Crippen LogP) is 15.8. The second-order valence-corrected chi connectivity index (χ2v) is 17.1. The van der Waals surface area contributed by atoms with Gasteiger partial charge in [-0.25, -0.2) is 0 Å². The van der Waals surface area contributed by atoms with Crippen LogP contribution in [-0.2, 0) is 20.1 Å². The van der Waals surface area contributed by atoms with Crippen LogP contribution in [-0.4, -0.2) is 14.5 Å². The van der Waals surface area contributed by atoms with Crippen LogP contribution in [0.15, 0.2) is 156 Å². The van der Waals surface area contributed by atoms with Crippen LogP contribution < -0.4 is 0 Å². The van der Waals surface area contributed by atoms with E-state index in [2.05, 4.69) is 159 Å². The molecule has 62 heavy (non-hydrogen) atoms. The summed E-state index contributed by atoms with van der Waals surface area (Å²) in [4.78, 5) is 9.40. The van der Waals surface area contributed by atoms with Crippen molar-refractivity contribution in [2.75, 3.05) is 0 Å². The van der Waals surface area contributed by atoms with Gasteiger partial charge in [-0.05, 0) is 94.7 Å². The van der Waals surface area contributed by atoms with Gasteiger partial charge in [0.15, 0.2) is 0 Å². The molecule has 4 nitrogen and oxygen atoms in total. The van der Waals surface area contributed by atoms with Crippen LogP contribution >= 0.6 is 11.3 Å². The summed E-state index contributed by atoms with van der Waals surface area (Å²) in [5, 5.41) is 4.75. The van der Waals surface area contributed by atoms with Gasteiger partial charge >= 0.3 is 0 Å². The van der Waals surface area contributed by atoms with Crippen LogP contribution in [0.25, 0.3) is 92.6 Å². The Balaban J connectivity index is 0.000000232. The fraction of sp³-hybridized carbons (Fsp3) is 0.143. The minimum Gasteiger partial charge on any atom is -0.500 e. The second-order valence-electron chi connectivity index (χ2n) is 16.0. The van der Waals surface area contributed by atoms with E-state index in [1.807, 2.05) is 17.4 Å². The van der Waals surface area contributed by atoms with Crippen molar-refractivity contribution < 1.29 is 32.7 Å². The molecule has 6 heteroatoms. The minimum atomic E-state index is -2.18. The van der Waals surface area contributed by atoms with Gasteiger partial charge in [-0.2, -0.15) is 0 Å². The third-order valence-corrected chi connectivity index (χ3v) is 12.4. The molecule has 0 N–H and O–H groups in total. The number of aryl methyl sites for hydroxylation is 2. The molecule has 0 amide bonds. The molecule has 0 bridgehead atoms. The number of pyridine rings is 1. The summed E-state index contributed by atoms with van der Waals surface area (Å²) >= 11 is 1.81. The van der Waals surface area contributed by atoms with Gasteiger partial charge < -0.3 is 14.0 Å². The average molecular weight is 1010 g/mol. The normalized spacial score (nSPS) is 13.4. The van der Waals surface area contributed by atoms with Crippen LogP contribution in [0.4, 0.5) is 0 Å². The molecule has 1 radical (unpaired) electrons. The SMILES string of the molecule is CC(C)c1cc(-c2ccccc2)cc(C(C)C)c1-n1c(-c2[c-]ccc3c2oc2cc4sc5ccccc5c4cc23)nc2ccccc21.[2H]C([2H])([2H])c1c[c-]c(-c2ccc(C([2H])([2H])[2H])cn2)cc1.[Ir]. The fourth-order valence-electron chi connectivity index (χ4n) is 8.30. The molecule has 4 aromatic heterocycles. The quantitative estimate of drug-likeness (QED) is 0.156. The van der Waals surface area contributed by atoms with E-state index in [4.69, 9.17) is 17.6 Å². The van der Waals surface area contributed by atoms with Gasteiger partial charge in [0.25, 0.3) is 0 Å². The second kappa shape index (κ2) is 16.9. The first-order chi connectivity index (χ1) is 32.1. The molecule has 0 aliphatic rings. The van der Waals surface area contributed by atoms with Crippen molar-refractivity contribution in [2.24, 2.45) is 0 Å². The fourth-order valence-corrected chi connectivity index (χ4v) is 9.42. The summed E-state index contributed by atoms with van der Waals surface area (Å²) in [6, 6.07) is 55.3. The zero-order valence-corrected chi connectivity index (χ0v) is 37.8. The van der Waals surface area contributed by atoms with Crippen LogP contribution in [0, 0.1) is 25.8 Å². The zero-order chi connectivity index (χ0) is 46.8. The number of nitrogens with zero attached hydrogens (tertiary/aromatic N) is 3. The summed E-state index contributed by atoms with van der Waals surface area (Å²) in [6.07, 6.45) is 1.30. The first-order valence-electron chi connectivity index (χ1n) is 23.5. The summed E-state index contributed by atoms with van der Waals surface area (Å²) in [6.45, 7) is 4.82. The Kier molecular flexibility index (Phi) is 9.41. The topological polar surface area (TPSA) is 43.9 Å². The van der Waals surface area contributed by atoms with Crippen molar-refractivity contribution in [1.82, 2.24) is 14.5 Å². The number of rotatable bonds is 6. The van der Waals surface area contributed by atoms with Crippen molar-refractivity contribution >= 4 is 64.5 Å². The van der Waals surface area contributed by atoms with Crippen LogP contribution in [0.5, 0.6) is 0 Å². The third-order valence-electron chi connectivity index (χ3n) is 11.3. The molecule has 307 valence electrons. The molecule has 0 aliphatic carbocycles. The van der Waals surface area contributed by atoms with Crippen molar-refractivity contribution in [3.05, 3.63) is 186 Å². The number of furan rings is 1. The average Bonchev–Trinajstić information content (AvgIpc) is 4.01. The third kappa shape index (κ3) is 7.47. The standard InChI is InChI=1S/C43H33N2OS.C13H12N.Ir/c1-25(2)32-21-28(27-13-6-5-7-14-27)22-33(26(3)4)41(32)45-37-19-10-9-18-36(37)44-43(45)31-17-12-16-30-34-23-35-29-15-8-11-20-39(29)47-40(35)24-38(34)46-42(30)31;1-10-3-6-12(7-4-10)13-8-5-11(2)9-14-13;/h5-16,18-26H,1-4H3;3-6,8-9H,1-2H3;/q2*-1;/i;1D3,2D3;. The molecule has 7 aromatic carbocycles. The maximum absolute atomic E-state index is 7.28. The van der Waals surface area contributed by atoms with Gasteiger partial charge in [0.2, 0.25) is 0 Å². The Morgan fingerprint density at radius 1 is 0.661 bits per heavy atom. The maximum atomic E-state index is 7.28. The summed E-state index contributed by atoms with van der Waals surface area (Å²) in [7, 11) is 0. The van der Waals surface area contributed by atoms with E-state index in [-0.39, 0.29) is 43.1 Å². The van der Waals surface area contributed by atoms with Gasteiger partial charge in [-0.15, -0.1) is 64.9 Å². The molecule has 0 spiro atoms. The van der Waals surface area contributed by atoms with Crippen LogP contribution in [0.3, 0.4) is 0 Å². The molecular formula is C56H45IrN3OS-2. The molecule has 11 aromatic rings. The molecule has 0 aliphatic heterocycles. The molecule has 0 atom stereocenters. The smallest absolute Gasteiger partial charge is 0.122 e. The number of hydrogen-bond acceptors (Lipinski definition) is 4. The number of aromatic nitrogens is 3. The van der Waals surface area contributed by atoms with E-state index in [0.29, 0.717) is 11.3 Å². The van der Waals surface area contributed by atoms with Gasteiger partial charge in [-0.1, -0.05) is 118 Å². The maximum Gasteiger partial charge on any atom is 0.122 e. The number of thiophene rings is 1. The molecule has 0 unspecified atom stereocenters. The van der Waals surface area contributed by atoms with Gasteiger partial charge in [0.05, 0.1) is 22.4 Å². The van der Waals surface area contributed by atoms with Gasteiger partial charge in [0, 0.05) is 65.8 Å². The monoisotopic (exact) mass is 1010 g/mol. The predicted molar refractivity (Wildman–Crippen MR) is 257 cm³/mol. The van der Waals surface area contributed by atoms with E-state index in [9.17, 15) is 0 Å². The zero-order valence-electron chi connectivity index (χ0n) is 40.6. The number of para-hydroxylation sites is 2. The van der Waals surface area contributed by atoms with Gasteiger partial charge in [0.1, 0.15) is 5.58 Å². The number of benzene rings is 7. The largest absolute Gasteiger partial charge is 0.500 e. The Morgan fingerprint density at radius 2 is 1.40 bits per heavy atom. The number of hydrogen-bond donors (Lipinski definition) is 0. The van der Waals surface area contributed by atoms with Gasteiger partial charge in [-0.3, -0.25) is 4.98 Å². The summed E-state index contributed by atoms with van der Waals surface area (Å²) < 4.78 is 55.3. The Labute approximate surface area is 388 Å². The van der Waals surface area contributed by atoms with Crippen molar-refractivity contribution in [2.45, 2.75) is 53.2 Å². The Morgan fingerprint density at radius 3 is 2.13 bits per heavy atom. The number of imidazole rings is 1. The van der Waals surface area contributed by atoms with E-state index in [1.54, 1.807) is 12.1 Å². The molecule has 0 saturated carbocycles. The molecule has 0 fully saturated rings. The minimum absolute atomic E-state index is 0. The number of fused-ring (bicyclic) bond motifs is 7. The molecule has 0 saturated heterocycles. The van der Waals surface area contributed by atoms with Crippen LogP contribution in [0.2, 0.25) is 0 Å². The van der Waals surface area contributed by atoms with E-state index >= 15 is 0 Å². The summed E-state index contributed by atoms with van der Waals surface area (Å²) in [5.41, 5.74) is 12.4.